The molecule has 0 aliphatic rings. The summed E-state index contributed by atoms with van der Waals surface area (Å²) in [4.78, 5) is 18.1. The summed E-state index contributed by atoms with van der Waals surface area (Å²) in [6.07, 6.45) is 0.619. The number of anilines is 1. The average Bonchev–Trinajstić information content (AvgIpc) is 2.85. The summed E-state index contributed by atoms with van der Waals surface area (Å²) >= 11 is 3.49. The highest BCUT2D eigenvalue weighted by molar-refractivity contribution is 9.10. The number of hydrogen-bond donors (Lipinski definition) is 3. The molecule has 3 N–H and O–H groups in total. The maximum absolute atomic E-state index is 10.9. The van der Waals surface area contributed by atoms with Gasteiger partial charge in [0.25, 0.3) is 0 Å². The summed E-state index contributed by atoms with van der Waals surface area (Å²) in [7, 11) is 0. The lowest BCUT2D eigenvalue weighted by Gasteiger charge is -2.06. The molecule has 20 heavy (non-hydrogen) atoms. The van der Waals surface area contributed by atoms with E-state index in [0.717, 1.165) is 21.2 Å². The summed E-state index contributed by atoms with van der Waals surface area (Å²) in [6, 6.07) is 9.92. The number of nitrogens with one attached hydrogen (secondary N) is 3. The molecule has 0 fully saturated rings. The van der Waals surface area contributed by atoms with Gasteiger partial charge in [-0.15, -0.1) is 0 Å². The second-order valence-corrected chi connectivity index (χ2v) is 5.16. The zero-order valence-corrected chi connectivity index (χ0v) is 12.1. The van der Waals surface area contributed by atoms with Gasteiger partial charge in [-0.25, -0.2) is 14.9 Å². The van der Waals surface area contributed by atoms with E-state index in [2.05, 4.69) is 41.4 Å². The highest BCUT2D eigenvalue weighted by Crippen LogP contribution is 2.23. The molecule has 3 aromatic rings. The molecule has 0 unspecified atom stereocenters. The van der Waals surface area contributed by atoms with Crippen molar-refractivity contribution in [3.8, 4) is 0 Å². The van der Waals surface area contributed by atoms with Crippen LogP contribution in [0, 0.1) is 0 Å². The predicted molar refractivity (Wildman–Crippen MR) is 80.8 cm³/mol. The van der Waals surface area contributed by atoms with Crippen LogP contribution in [0.2, 0.25) is 0 Å². The lowest BCUT2D eigenvalue weighted by molar-refractivity contribution is 0.898. The number of rotatable bonds is 4. The molecule has 0 radical (unpaired) electrons. The van der Waals surface area contributed by atoms with E-state index in [9.17, 15) is 4.79 Å². The molecule has 3 rings (SSSR count). The standard InChI is InChI=1S/C13H12BrN5O/c14-9-3-1-2-8-4-5-10(16-12(8)9)15-7-6-11-17-13(20)19-18-11/h1-5H,6-7H2,(H,15,16)(H2,17,18,19,20). The Morgan fingerprint density at radius 3 is 2.95 bits per heavy atom. The lowest BCUT2D eigenvalue weighted by Crippen LogP contribution is -2.08. The minimum Gasteiger partial charge on any atom is -0.370 e. The molecule has 0 amide bonds. The molecule has 102 valence electrons. The Kier molecular flexibility index (Phi) is 3.51. The lowest BCUT2D eigenvalue weighted by atomic mass is 10.2. The molecule has 1 aromatic carbocycles. The SMILES string of the molecule is O=c1[nH]nc(CCNc2ccc3cccc(Br)c3n2)[nH]1. The monoisotopic (exact) mass is 333 g/mol. The summed E-state index contributed by atoms with van der Waals surface area (Å²) in [5.41, 5.74) is 0.637. The Morgan fingerprint density at radius 2 is 2.15 bits per heavy atom. The quantitative estimate of drug-likeness (QED) is 0.682. The number of para-hydroxylation sites is 1. The van der Waals surface area contributed by atoms with Crippen LogP contribution in [0.4, 0.5) is 5.82 Å². The Hall–Kier alpha value is -2.15. The molecule has 0 aliphatic carbocycles. The van der Waals surface area contributed by atoms with Crippen molar-refractivity contribution in [2.45, 2.75) is 6.42 Å². The van der Waals surface area contributed by atoms with Crippen molar-refractivity contribution in [3.63, 3.8) is 0 Å². The van der Waals surface area contributed by atoms with Crippen molar-refractivity contribution in [2.75, 3.05) is 11.9 Å². The van der Waals surface area contributed by atoms with Gasteiger partial charge in [0.15, 0.2) is 0 Å². The van der Waals surface area contributed by atoms with Crippen LogP contribution in [0.3, 0.4) is 0 Å². The molecule has 2 aromatic heterocycles. The molecule has 0 atom stereocenters. The number of H-pyrrole nitrogens is 2. The third-order valence-electron chi connectivity index (χ3n) is 2.89. The number of pyridine rings is 1. The minimum atomic E-state index is -0.284. The fourth-order valence-corrected chi connectivity index (χ4v) is 2.41. The Balaban J connectivity index is 1.71. The second-order valence-electron chi connectivity index (χ2n) is 4.31. The first-order valence-corrected chi connectivity index (χ1v) is 6.94. The van der Waals surface area contributed by atoms with E-state index in [4.69, 9.17) is 0 Å². The van der Waals surface area contributed by atoms with Crippen molar-refractivity contribution in [1.82, 2.24) is 20.2 Å². The fourth-order valence-electron chi connectivity index (χ4n) is 1.94. The van der Waals surface area contributed by atoms with E-state index in [1.54, 1.807) is 0 Å². The van der Waals surface area contributed by atoms with Crippen LogP contribution in [-0.2, 0) is 6.42 Å². The molecule has 0 saturated carbocycles. The highest BCUT2D eigenvalue weighted by Gasteiger charge is 2.02. The van der Waals surface area contributed by atoms with Crippen molar-refractivity contribution < 1.29 is 0 Å². The van der Waals surface area contributed by atoms with Gasteiger partial charge < -0.3 is 5.32 Å². The van der Waals surface area contributed by atoms with Crippen LogP contribution in [0.25, 0.3) is 10.9 Å². The van der Waals surface area contributed by atoms with Gasteiger partial charge in [0.05, 0.1) is 5.52 Å². The first-order valence-electron chi connectivity index (χ1n) is 6.15. The highest BCUT2D eigenvalue weighted by atomic mass is 79.9. The molecule has 0 aliphatic heterocycles. The van der Waals surface area contributed by atoms with Crippen LogP contribution >= 0.6 is 15.9 Å². The Labute approximate surface area is 122 Å². The van der Waals surface area contributed by atoms with Crippen LogP contribution in [0.15, 0.2) is 39.6 Å². The molecule has 6 nitrogen and oxygen atoms in total. The minimum absolute atomic E-state index is 0.284. The molecule has 0 saturated heterocycles. The summed E-state index contributed by atoms with van der Waals surface area (Å²) in [6.45, 7) is 0.643. The Bertz CT molecular complexity index is 795. The maximum atomic E-state index is 10.9. The van der Waals surface area contributed by atoms with Gasteiger partial charge in [-0.3, -0.25) is 4.98 Å². The maximum Gasteiger partial charge on any atom is 0.340 e. The number of aromatic nitrogens is 4. The largest absolute Gasteiger partial charge is 0.370 e. The molecule has 0 spiro atoms. The van der Waals surface area contributed by atoms with Gasteiger partial charge in [0.2, 0.25) is 0 Å². The first-order chi connectivity index (χ1) is 9.72. The number of benzene rings is 1. The zero-order valence-electron chi connectivity index (χ0n) is 10.5. The summed E-state index contributed by atoms with van der Waals surface area (Å²) in [5.74, 6) is 1.42. The van der Waals surface area contributed by atoms with Crippen molar-refractivity contribution in [2.24, 2.45) is 0 Å². The predicted octanol–water partition coefficient (Wildman–Crippen LogP) is 2.06. The van der Waals surface area contributed by atoms with Crippen molar-refractivity contribution >= 4 is 32.7 Å². The van der Waals surface area contributed by atoms with Crippen molar-refractivity contribution in [3.05, 3.63) is 51.1 Å². The Morgan fingerprint density at radius 1 is 1.25 bits per heavy atom. The van der Waals surface area contributed by atoms with Gasteiger partial charge in [-0.05, 0) is 34.1 Å². The van der Waals surface area contributed by atoms with E-state index in [-0.39, 0.29) is 5.69 Å². The van der Waals surface area contributed by atoms with Gasteiger partial charge >= 0.3 is 5.69 Å². The fraction of sp³-hybridized carbons (Fsp3) is 0.154. The van der Waals surface area contributed by atoms with Gasteiger partial charge in [-0.1, -0.05) is 12.1 Å². The van der Waals surface area contributed by atoms with E-state index >= 15 is 0 Å². The number of aromatic amines is 2. The molecule has 7 heteroatoms. The van der Waals surface area contributed by atoms with Crippen LogP contribution in [0.5, 0.6) is 0 Å². The second kappa shape index (κ2) is 5.46. The third-order valence-corrected chi connectivity index (χ3v) is 3.53. The normalized spacial score (nSPS) is 10.8. The third kappa shape index (κ3) is 2.72. The first kappa shape index (κ1) is 12.9. The summed E-state index contributed by atoms with van der Waals surface area (Å²) < 4.78 is 0.968. The van der Waals surface area contributed by atoms with Crippen molar-refractivity contribution in [1.29, 1.82) is 0 Å². The van der Waals surface area contributed by atoms with Crippen LogP contribution in [0.1, 0.15) is 5.82 Å². The molecular formula is C13H12BrN5O. The van der Waals surface area contributed by atoms with Gasteiger partial charge in [0, 0.05) is 22.8 Å². The van der Waals surface area contributed by atoms with E-state index in [1.807, 2.05) is 30.3 Å². The van der Waals surface area contributed by atoms with E-state index in [1.165, 1.54) is 0 Å². The van der Waals surface area contributed by atoms with Gasteiger partial charge in [-0.2, -0.15) is 5.10 Å². The van der Waals surface area contributed by atoms with E-state index in [0.29, 0.717) is 18.8 Å². The topological polar surface area (TPSA) is 86.5 Å². The molecular weight excluding hydrogens is 322 g/mol. The number of nitrogens with zero attached hydrogens (tertiary/aromatic N) is 2. The smallest absolute Gasteiger partial charge is 0.340 e. The number of halogens is 1. The van der Waals surface area contributed by atoms with E-state index < -0.39 is 0 Å². The van der Waals surface area contributed by atoms with Gasteiger partial charge in [0.1, 0.15) is 11.6 Å². The summed E-state index contributed by atoms with van der Waals surface area (Å²) in [5, 5.41) is 10.5. The van der Waals surface area contributed by atoms with Crippen LogP contribution < -0.4 is 11.0 Å². The number of hydrogen-bond acceptors (Lipinski definition) is 4. The molecule has 2 heterocycles. The number of fused-ring (bicyclic) bond motifs is 1. The molecule has 0 bridgehead atoms. The average molecular weight is 334 g/mol. The zero-order chi connectivity index (χ0) is 13.9. The van der Waals surface area contributed by atoms with Crippen LogP contribution in [-0.4, -0.2) is 26.7 Å².